The zero-order valence-electron chi connectivity index (χ0n) is 13.7. The molecule has 1 aliphatic carbocycles. The number of amides is 1. The minimum absolute atomic E-state index is 0.179. The molecule has 1 fully saturated rings. The average molecular weight is 312 g/mol. The summed E-state index contributed by atoms with van der Waals surface area (Å²) in [6, 6.07) is 7.60. The molecule has 0 saturated heterocycles. The Morgan fingerprint density at radius 2 is 1.74 bits per heavy atom. The predicted octanol–water partition coefficient (Wildman–Crippen LogP) is 3.38. The van der Waals surface area contributed by atoms with E-state index in [1.807, 2.05) is 29.8 Å². The minimum atomic E-state index is -0.234. The molecule has 1 heterocycles. The summed E-state index contributed by atoms with van der Waals surface area (Å²) in [6.45, 7) is 0. The van der Waals surface area contributed by atoms with Gasteiger partial charge in [-0.1, -0.05) is 44.2 Å². The van der Waals surface area contributed by atoms with Crippen LogP contribution in [0.25, 0.3) is 10.9 Å². The minimum Gasteiger partial charge on any atom is -0.350 e. The van der Waals surface area contributed by atoms with Crippen molar-refractivity contribution in [2.45, 2.75) is 51.0 Å². The van der Waals surface area contributed by atoms with Gasteiger partial charge >= 0.3 is 0 Å². The SMILES string of the molecule is Cn1cc(C(=O)NC2CCCCCCC2)c(=O)c2ccccc21. The summed E-state index contributed by atoms with van der Waals surface area (Å²) >= 11 is 0. The van der Waals surface area contributed by atoms with Crippen LogP contribution in [-0.2, 0) is 7.05 Å². The van der Waals surface area contributed by atoms with Gasteiger partial charge in [-0.25, -0.2) is 0 Å². The lowest BCUT2D eigenvalue weighted by molar-refractivity contribution is 0.0929. The first-order chi connectivity index (χ1) is 11.2. The number of fused-ring (bicyclic) bond motifs is 1. The molecule has 1 saturated carbocycles. The van der Waals surface area contributed by atoms with Gasteiger partial charge in [0.05, 0.1) is 5.52 Å². The maximum Gasteiger partial charge on any atom is 0.256 e. The van der Waals surface area contributed by atoms with E-state index in [0.717, 1.165) is 31.2 Å². The number of aryl methyl sites for hydroxylation is 1. The number of pyridine rings is 1. The lowest BCUT2D eigenvalue weighted by Gasteiger charge is -2.21. The molecule has 3 rings (SSSR count). The number of nitrogens with one attached hydrogen (secondary N) is 1. The van der Waals surface area contributed by atoms with E-state index >= 15 is 0 Å². The fourth-order valence-electron chi connectivity index (χ4n) is 3.47. The third kappa shape index (κ3) is 3.46. The van der Waals surface area contributed by atoms with E-state index in [1.54, 1.807) is 12.3 Å². The van der Waals surface area contributed by atoms with Crippen molar-refractivity contribution < 1.29 is 4.79 Å². The van der Waals surface area contributed by atoms with Gasteiger partial charge in [-0.2, -0.15) is 0 Å². The van der Waals surface area contributed by atoms with Crippen molar-refractivity contribution >= 4 is 16.8 Å². The Kier molecular flexibility index (Phi) is 4.79. The van der Waals surface area contributed by atoms with Gasteiger partial charge in [0.1, 0.15) is 5.56 Å². The fourth-order valence-corrected chi connectivity index (χ4v) is 3.47. The molecule has 0 spiro atoms. The van der Waals surface area contributed by atoms with Gasteiger partial charge in [-0.15, -0.1) is 0 Å². The summed E-state index contributed by atoms with van der Waals surface area (Å²) in [5, 5.41) is 3.68. The summed E-state index contributed by atoms with van der Waals surface area (Å²) in [4.78, 5) is 25.2. The van der Waals surface area contributed by atoms with E-state index in [2.05, 4.69) is 5.32 Å². The van der Waals surface area contributed by atoms with Gasteiger partial charge in [0.25, 0.3) is 5.91 Å². The molecule has 0 radical (unpaired) electrons. The quantitative estimate of drug-likeness (QED) is 0.924. The van der Waals surface area contributed by atoms with Gasteiger partial charge in [0.15, 0.2) is 0 Å². The van der Waals surface area contributed by atoms with Crippen molar-refractivity contribution in [1.29, 1.82) is 0 Å². The number of benzene rings is 1. The van der Waals surface area contributed by atoms with Crippen molar-refractivity contribution in [3.05, 3.63) is 46.2 Å². The van der Waals surface area contributed by atoms with Crippen LogP contribution in [0.3, 0.4) is 0 Å². The normalized spacial score (nSPS) is 16.7. The van der Waals surface area contributed by atoms with E-state index in [-0.39, 0.29) is 22.9 Å². The van der Waals surface area contributed by atoms with Crippen molar-refractivity contribution in [3.63, 3.8) is 0 Å². The van der Waals surface area contributed by atoms with Gasteiger partial charge in [0.2, 0.25) is 5.43 Å². The monoisotopic (exact) mass is 312 g/mol. The van der Waals surface area contributed by atoms with Gasteiger partial charge in [-0.05, 0) is 25.0 Å². The van der Waals surface area contributed by atoms with Crippen LogP contribution in [0.2, 0.25) is 0 Å². The molecule has 23 heavy (non-hydrogen) atoms. The summed E-state index contributed by atoms with van der Waals surface area (Å²) in [5.41, 5.74) is 0.912. The molecule has 1 N–H and O–H groups in total. The Balaban J connectivity index is 1.86. The van der Waals surface area contributed by atoms with Crippen LogP contribution < -0.4 is 10.7 Å². The molecular weight excluding hydrogens is 288 g/mol. The third-order valence-electron chi connectivity index (χ3n) is 4.78. The zero-order chi connectivity index (χ0) is 16.2. The lowest BCUT2D eigenvalue weighted by Crippen LogP contribution is -2.38. The summed E-state index contributed by atoms with van der Waals surface area (Å²) < 4.78 is 1.85. The Morgan fingerprint density at radius 1 is 1.09 bits per heavy atom. The molecule has 122 valence electrons. The van der Waals surface area contributed by atoms with E-state index in [9.17, 15) is 9.59 Å². The highest BCUT2D eigenvalue weighted by atomic mass is 16.2. The number of hydrogen-bond acceptors (Lipinski definition) is 2. The standard InChI is InChI=1S/C19H24N2O2/c1-21-13-16(18(22)15-11-7-8-12-17(15)21)19(23)20-14-9-5-3-2-4-6-10-14/h7-8,11-14H,2-6,9-10H2,1H3,(H,20,23). The van der Waals surface area contributed by atoms with Gasteiger partial charge < -0.3 is 9.88 Å². The van der Waals surface area contributed by atoms with Crippen LogP contribution in [0, 0.1) is 0 Å². The number of aromatic nitrogens is 1. The predicted molar refractivity (Wildman–Crippen MR) is 92.8 cm³/mol. The highest BCUT2D eigenvalue weighted by molar-refractivity contribution is 5.97. The average Bonchev–Trinajstić information content (AvgIpc) is 2.53. The molecule has 0 atom stereocenters. The number of para-hydroxylation sites is 1. The maximum atomic E-state index is 12.6. The van der Waals surface area contributed by atoms with Crippen molar-refractivity contribution in [2.75, 3.05) is 0 Å². The highest BCUT2D eigenvalue weighted by Crippen LogP contribution is 2.17. The molecule has 0 aliphatic heterocycles. The highest BCUT2D eigenvalue weighted by Gasteiger charge is 2.18. The Bertz CT molecular complexity index is 756. The second kappa shape index (κ2) is 6.99. The summed E-state index contributed by atoms with van der Waals surface area (Å²) in [6.07, 6.45) is 9.77. The van der Waals surface area contributed by atoms with E-state index in [0.29, 0.717) is 5.39 Å². The van der Waals surface area contributed by atoms with E-state index in [1.165, 1.54) is 19.3 Å². The number of carbonyl (C=O) groups excluding carboxylic acids is 1. The molecule has 0 bridgehead atoms. The summed E-state index contributed by atoms with van der Waals surface area (Å²) in [5.74, 6) is -0.234. The first-order valence-corrected chi connectivity index (χ1v) is 8.56. The van der Waals surface area contributed by atoms with Crippen molar-refractivity contribution in [3.8, 4) is 0 Å². The molecule has 4 nitrogen and oxygen atoms in total. The molecule has 2 aromatic rings. The number of nitrogens with zero attached hydrogens (tertiary/aromatic N) is 1. The Hall–Kier alpha value is -2.10. The molecule has 0 unspecified atom stereocenters. The maximum absolute atomic E-state index is 12.6. The molecule has 1 aromatic carbocycles. The van der Waals surface area contributed by atoms with Gasteiger partial charge in [0, 0.05) is 24.7 Å². The van der Waals surface area contributed by atoms with Crippen molar-refractivity contribution in [1.82, 2.24) is 9.88 Å². The van der Waals surface area contributed by atoms with Crippen molar-refractivity contribution in [2.24, 2.45) is 7.05 Å². The van der Waals surface area contributed by atoms with E-state index in [4.69, 9.17) is 0 Å². The largest absolute Gasteiger partial charge is 0.350 e. The summed E-state index contributed by atoms with van der Waals surface area (Å²) in [7, 11) is 1.87. The molecular formula is C19H24N2O2. The number of rotatable bonds is 2. The Morgan fingerprint density at radius 3 is 2.48 bits per heavy atom. The lowest BCUT2D eigenvalue weighted by atomic mass is 9.96. The van der Waals surface area contributed by atoms with Crippen LogP contribution in [0.1, 0.15) is 55.3 Å². The second-order valence-electron chi connectivity index (χ2n) is 6.52. The molecule has 1 aromatic heterocycles. The van der Waals surface area contributed by atoms with E-state index < -0.39 is 0 Å². The first-order valence-electron chi connectivity index (χ1n) is 8.56. The molecule has 1 aliphatic rings. The number of carbonyl (C=O) groups is 1. The van der Waals surface area contributed by atoms with Crippen LogP contribution in [0.15, 0.2) is 35.3 Å². The second-order valence-corrected chi connectivity index (χ2v) is 6.52. The topological polar surface area (TPSA) is 51.1 Å². The van der Waals surface area contributed by atoms with Crippen LogP contribution >= 0.6 is 0 Å². The zero-order valence-corrected chi connectivity index (χ0v) is 13.7. The molecule has 1 amide bonds. The van der Waals surface area contributed by atoms with Crippen LogP contribution in [-0.4, -0.2) is 16.5 Å². The smallest absolute Gasteiger partial charge is 0.256 e. The third-order valence-corrected chi connectivity index (χ3v) is 4.78. The first kappa shape index (κ1) is 15.8. The van der Waals surface area contributed by atoms with Crippen LogP contribution in [0.4, 0.5) is 0 Å². The van der Waals surface area contributed by atoms with Crippen LogP contribution in [0.5, 0.6) is 0 Å². The van der Waals surface area contributed by atoms with Gasteiger partial charge in [-0.3, -0.25) is 9.59 Å². The Labute approximate surface area is 136 Å². The number of hydrogen-bond donors (Lipinski definition) is 1. The molecule has 4 heteroatoms. The fraction of sp³-hybridized carbons (Fsp3) is 0.474.